The van der Waals surface area contributed by atoms with Crippen molar-refractivity contribution in [1.29, 1.82) is 5.26 Å². The van der Waals surface area contributed by atoms with Crippen molar-refractivity contribution in [3.05, 3.63) is 28.0 Å². The van der Waals surface area contributed by atoms with Crippen LogP contribution in [0.15, 0.2) is 11.6 Å². The molecule has 2 aliphatic rings. The van der Waals surface area contributed by atoms with E-state index in [1.807, 2.05) is 10.9 Å². The zero-order valence-electron chi connectivity index (χ0n) is 13.1. The van der Waals surface area contributed by atoms with E-state index < -0.39 is 0 Å². The molecule has 0 bridgehead atoms. The standard InChI is InChI=1S/C16H20N6S/c17-7-12-3-5-21(6-4-12)8-14-9-22(20-19-14)10-15-11-23-16(18-15)13-1-2-13/h9,11-13H,1-6,8,10H2. The first-order valence-electron chi connectivity index (χ1n) is 8.25. The van der Waals surface area contributed by atoms with Gasteiger partial charge in [0.15, 0.2) is 0 Å². The van der Waals surface area contributed by atoms with Gasteiger partial charge in [-0.25, -0.2) is 9.67 Å². The van der Waals surface area contributed by atoms with Crippen LogP contribution in [-0.4, -0.2) is 38.0 Å². The summed E-state index contributed by atoms with van der Waals surface area (Å²) < 4.78 is 1.88. The van der Waals surface area contributed by atoms with Gasteiger partial charge < -0.3 is 0 Å². The summed E-state index contributed by atoms with van der Waals surface area (Å²) in [5, 5.41) is 20.9. The van der Waals surface area contributed by atoms with Gasteiger partial charge in [-0.2, -0.15) is 5.26 Å². The molecule has 120 valence electrons. The van der Waals surface area contributed by atoms with Crippen molar-refractivity contribution in [1.82, 2.24) is 24.9 Å². The average molecular weight is 328 g/mol. The van der Waals surface area contributed by atoms with Gasteiger partial charge in [0.2, 0.25) is 0 Å². The summed E-state index contributed by atoms with van der Waals surface area (Å²) in [6.45, 7) is 3.47. The Morgan fingerprint density at radius 2 is 2.00 bits per heavy atom. The Morgan fingerprint density at radius 3 is 2.74 bits per heavy atom. The summed E-state index contributed by atoms with van der Waals surface area (Å²) in [4.78, 5) is 7.06. The average Bonchev–Trinajstić information content (AvgIpc) is 3.17. The van der Waals surface area contributed by atoms with Crippen LogP contribution >= 0.6 is 11.3 Å². The highest BCUT2D eigenvalue weighted by Crippen LogP contribution is 2.41. The molecule has 0 spiro atoms. The van der Waals surface area contributed by atoms with Crippen molar-refractivity contribution in [3.63, 3.8) is 0 Å². The fourth-order valence-corrected chi connectivity index (χ4v) is 4.00. The van der Waals surface area contributed by atoms with E-state index in [-0.39, 0.29) is 5.92 Å². The molecule has 6 nitrogen and oxygen atoms in total. The second-order valence-electron chi connectivity index (χ2n) is 6.54. The van der Waals surface area contributed by atoms with Crippen LogP contribution in [0.2, 0.25) is 0 Å². The quantitative estimate of drug-likeness (QED) is 0.843. The van der Waals surface area contributed by atoms with Crippen LogP contribution < -0.4 is 0 Å². The van der Waals surface area contributed by atoms with Gasteiger partial charge in [-0.05, 0) is 38.8 Å². The fourth-order valence-electron chi connectivity index (χ4n) is 3.02. The van der Waals surface area contributed by atoms with Crippen molar-refractivity contribution in [2.24, 2.45) is 5.92 Å². The summed E-state index contributed by atoms with van der Waals surface area (Å²) >= 11 is 1.77. The Morgan fingerprint density at radius 1 is 1.17 bits per heavy atom. The van der Waals surface area contributed by atoms with Gasteiger partial charge in [0, 0.05) is 23.8 Å². The van der Waals surface area contributed by atoms with Gasteiger partial charge >= 0.3 is 0 Å². The third kappa shape index (κ3) is 3.59. The highest BCUT2D eigenvalue weighted by Gasteiger charge is 2.26. The predicted molar refractivity (Wildman–Crippen MR) is 86.8 cm³/mol. The van der Waals surface area contributed by atoms with Gasteiger partial charge in [-0.1, -0.05) is 5.21 Å². The third-order valence-electron chi connectivity index (χ3n) is 4.56. The maximum Gasteiger partial charge on any atom is 0.0967 e. The predicted octanol–water partition coefficient (Wildman–Crippen LogP) is 2.40. The molecule has 23 heavy (non-hydrogen) atoms. The summed E-state index contributed by atoms with van der Waals surface area (Å²) in [6.07, 6.45) is 6.54. The maximum atomic E-state index is 8.95. The lowest BCUT2D eigenvalue weighted by molar-refractivity contribution is 0.196. The van der Waals surface area contributed by atoms with E-state index in [1.54, 1.807) is 11.3 Å². The normalized spacial score (nSPS) is 19.8. The van der Waals surface area contributed by atoms with Crippen molar-refractivity contribution in [2.75, 3.05) is 13.1 Å². The Bertz CT molecular complexity index is 702. The number of nitriles is 1. The van der Waals surface area contributed by atoms with Crippen molar-refractivity contribution in [3.8, 4) is 6.07 Å². The fraction of sp³-hybridized carbons (Fsp3) is 0.625. The van der Waals surface area contributed by atoms with Gasteiger partial charge in [0.1, 0.15) is 0 Å². The van der Waals surface area contributed by atoms with Crippen LogP contribution in [0.25, 0.3) is 0 Å². The monoisotopic (exact) mass is 328 g/mol. The molecule has 0 radical (unpaired) electrons. The highest BCUT2D eigenvalue weighted by molar-refractivity contribution is 7.09. The van der Waals surface area contributed by atoms with E-state index >= 15 is 0 Å². The Labute approximate surface area is 139 Å². The number of rotatable bonds is 5. The zero-order chi connectivity index (χ0) is 15.6. The molecule has 1 saturated carbocycles. The minimum atomic E-state index is 0.229. The molecule has 1 aliphatic carbocycles. The topological polar surface area (TPSA) is 70.6 Å². The SMILES string of the molecule is N#CC1CCN(Cc2cn(Cc3csc(C4CC4)n3)nn2)CC1. The van der Waals surface area contributed by atoms with Gasteiger partial charge in [-0.15, -0.1) is 16.4 Å². The van der Waals surface area contributed by atoms with Crippen LogP contribution in [0.5, 0.6) is 0 Å². The van der Waals surface area contributed by atoms with E-state index in [9.17, 15) is 0 Å². The number of piperidine rings is 1. The minimum Gasteiger partial charge on any atom is -0.297 e. The lowest BCUT2D eigenvalue weighted by atomic mass is 9.99. The molecule has 2 aromatic heterocycles. The molecule has 4 rings (SSSR count). The van der Waals surface area contributed by atoms with Crippen LogP contribution in [0.3, 0.4) is 0 Å². The Balaban J connectivity index is 1.32. The maximum absolute atomic E-state index is 8.95. The molecule has 3 heterocycles. The Hall–Kier alpha value is -1.78. The van der Waals surface area contributed by atoms with Crippen LogP contribution in [0.4, 0.5) is 0 Å². The van der Waals surface area contributed by atoms with Gasteiger partial charge in [-0.3, -0.25) is 4.90 Å². The van der Waals surface area contributed by atoms with Crippen LogP contribution in [-0.2, 0) is 13.1 Å². The number of hydrogen-bond donors (Lipinski definition) is 0. The van der Waals surface area contributed by atoms with Crippen molar-refractivity contribution >= 4 is 11.3 Å². The molecule has 0 N–H and O–H groups in total. The van der Waals surface area contributed by atoms with E-state index in [2.05, 4.69) is 26.7 Å². The van der Waals surface area contributed by atoms with E-state index in [0.717, 1.165) is 49.8 Å². The lowest BCUT2D eigenvalue weighted by Crippen LogP contribution is -2.32. The number of likely N-dealkylation sites (tertiary alicyclic amines) is 1. The third-order valence-corrected chi connectivity index (χ3v) is 5.62. The molecule has 0 aromatic carbocycles. The molecule has 1 aliphatic heterocycles. The Kier molecular flexibility index (Phi) is 4.10. The molecule has 1 saturated heterocycles. The smallest absolute Gasteiger partial charge is 0.0967 e. The lowest BCUT2D eigenvalue weighted by Gasteiger charge is -2.27. The van der Waals surface area contributed by atoms with Crippen molar-refractivity contribution < 1.29 is 0 Å². The molecule has 7 heteroatoms. The van der Waals surface area contributed by atoms with Gasteiger partial charge in [0.25, 0.3) is 0 Å². The van der Waals surface area contributed by atoms with E-state index in [4.69, 9.17) is 10.2 Å². The summed E-state index contributed by atoms with van der Waals surface area (Å²) in [5.74, 6) is 0.948. The first kappa shape index (κ1) is 14.8. The van der Waals surface area contributed by atoms with Crippen LogP contribution in [0.1, 0.15) is 48.0 Å². The second kappa shape index (κ2) is 6.38. The molecule has 0 unspecified atom stereocenters. The van der Waals surface area contributed by atoms with Crippen LogP contribution in [0, 0.1) is 17.2 Å². The summed E-state index contributed by atoms with van der Waals surface area (Å²) in [5.41, 5.74) is 2.08. The minimum absolute atomic E-state index is 0.229. The number of hydrogen-bond acceptors (Lipinski definition) is 6. The molecule has 0 amide bonds. The number of thiazole rings is 1. The molecule has 0 atom stereocenters. The molecule has 2 fully saturated rings. The van der Waals surface area contributed by atoms with Gasteiger partial charge in [0.05, 0.1) is 35.2 Å². The second-order valence-corrected chi connectivity index (χ2v) is 7.43. The highest BCUT2D eigenvalue weighted by atomic mass is 32.1. The number of aromatic nitrogens is 4. The molecule has 2 aromatic rings. The first-order chi connectivity index (χ1) is 11.3. The van der Waals surface area contributed by atoms with E-state index in [0.29, 0.717) is 6.54 Å². The molecular formula is C16H20N6S. The van der Waals surface area contributed by atoms with E-state index in [1.165, 1.54) is 17.8 Å². The largest absolute Gasteiger partial charge is 0.297 e. The molecular weight excluding hydrogens is 308 g/mol. The summed E-state index contributed by atoms with van der Waals surface area (Å²) in [7, 11) is 0. The zero-order valence-corrected chi connectivity index (χ0v) is 13.9. The van der Waals surface area contributed by atoms with Crippen molar-refractivity contribution in [2.45, 2.75) is 44.7 Å². The summed E-state index contributed by atoms with van der Waals surface area (Å²) in [6, 6.07) is 2.37. The first-order valence-corrected chi connectivity index (χ1v) is 9.13. The number of nitrogens with zero attached hydrogens (tertiary/aromatic N) is 6.